The van der Waals surface area contributed by atoms with Crippen LogP contribution >= 0.6 is 11.8 Å². The predicted octanol–water partition coefficient (Wildman–Crippen LogP) is 3.06. The topological polar surface area (TPSA) is 84.9 Å². The number of ether oxygens (including phenoxy) is 2. The maximum Gasteiger partial charge on any atom is 0.262 e. The van der Waals surface area contributed by atoms with E-state index >= 15 is 0 Å². The number of benzene rings is 2. The number of thioether (sulfide) groups is 1. The van der Waals surface area contributed by atoms with Gasteiger partial charge in [-0.2, -0.15) is 11.8 Å². The molecular formula is C21H22N2O5S. The van der Waals surface area contributed by atoms with E-state index in [2.05, 4.69) is 5.32 Å². The molecule has 1 aliphatic rings. The Labute approximate surface area is 173 Å². The lowest BCUT2D eigenvalue weighted by Gasteiger charge is -2.25. The Balaban J connectivity index is 1.91. The number of methoxy groups -OCH3 is 2. The summed E-state index contributed by atoms with van der Waals surface area (Å²) in [4.78, 5) is 39.9. The van der Waals surface area contributed by atoms with Crippen molar-refractivity contribution in [1.29, 1.82) is 0 Å². The Morgan fingerprint density at radius 1 is 1.07 bits per heavy atom. The molecule has 1 N–H and O–H groups in total. The van der Waals surface area contributed by atoms with Gasteiger partial charge in [-0.3, -0.25) is 19.3 Å². The fraction of sp³-hybridized carbons (Fsp3) is 0.286. The lowest BCUT2D eigenvalue weighted by molar-refractivity contribution is -0.120. The van der Waals surface area contributed by atoms with Crippen LogP contribution in [0.1, 0.15) is 27.1 Å². The number of anilines is 1. The minimum atomic E-state index is -0.939. The van der Waals surface area contributed by atoms with Crippen molar-refractivity contribution in [2.45, 2.75) is 12.5 Å². The second-order valence-electron chi connectivity index (χ2n) is 6.38. The summed E-state index contributed by atoms with van der Waals surface area (Å²) >= 11 is 1.54. The van der Waals surface area contributed by atoms with Crippen molar-refractivity contribution in [2.75, 3.05) is 31.5 Å². The van der Waals surface area contributed by atoms with Crippen LogP contribution in [-0.2, 0) is 4.79 Å². The number of imide groups is 1. The van der Waals surface area contributed by atoms with Crippen LogP contribution in [-0.4, -0.2) is 54.9 Å². The largest absolute Gasteiger partial charge is 0.497 e. The Kier molecular flexibility index (Phi) is 6.43. The summed E-state index contributed by atoms with van der Waals surface area (Å²) in [7, 11) is 3.01. The van der Waals surface area contributed by atoms with Gasteiger partial charge in [-0.25, -0.2) is 0 Å². The second kappa shape index (κ2) is 9.00. The molecule has 152 valence electrons. The molecule has 0 saturated carbocycles. The first-order valence-corrected chi connectivity index (χ1v) is 10.4. The number of carbonyl (C=O) groups excluding carboxylic acids is 3. The molecule has 29 heavy (non-hydrogen) atoms. The van der Waals surface area contributed by atoms with Gasteiger partial charge in [0.2, 0.25) is 5.91 Å². The smallest absolute Gasteiger partial charge is 0.262 e. The zero-order valence-corrected chi connectivity index (χ0v) is 17.2. The first-order valence-electron chi connectivity index (χ1n) is 9.00. The summed E-state index contributed by atoms with van der Waals surface area (Å²) in [6.45, 7) is 0. The first kappa shape index (κ1) is 20.7. The maximum absolute atomic E-state index is 13.2. The van der Waals surface area contributed by atoms with Gasteiger partial charge >= 0.3 is 0 Å². The molecule has 7 nitrogen and oxygen atoms in total. The molecule has 3 rings (SSSR count). The van der Waals surface area contributed by atoms with Crippen molar-refractivity contribution in [3.63, 3.8) is 0 Å². The third-order valence-electron chi connectivity index (χ3n) is 4.70. The molecule has 0 aliphatic carbocycles. The summed E-state index contributed by atoms with van der Waals surface area (Å²) in [5.74, 6) is 0.238. The molecule has 3 amide bonds. The fourth-order valence-electron chi connectivity index (χ4n) is 3.23. The minimum Gasteiger partial charge on any atom is -0.497 e. The van der Waals surface area contributed by atoms with E-state index in [9.17, 15) is 14.4 Å². The standard InChI is InChI=1S/C21H22N2O5S/c1-27-13-8-9-18(28-2)16(12-13)22-19(24)17(10-11-29-3)23-20(25)14-6-4-5-7-15(14)21(23)26/h4-9,12,17H,10-11H2,1-3H3,(H,22,24). The van der Waals surface area contributed by atoms with E-state index in [4.69, 9.17) is 9.47 Å². The highest BCUT2D eigenvalue weighted by Gasteiger charge is 2.42. The Morgan fingerprint density at radius 2 is 1.72 bits per heavy atom. The molecule has 0 bridgehead atoms. The van der Waals surface area contributed by atoms with Gasteiger partial charge in [0, 0.05) is 6.07 Å². The van der Waals surface area contributed by atoms with Crippen molar-refractivity contribution >= 4 is 35.2 Å². The van der Waals surface area contributed by atoms with E-state index in [-0.39, 0.29) is 0 Å². The molecule has 0 fully saturated rings. The predicted molar refractivity (Wildman–Crippen MR) is 112 cm³/mol. The second-order valence-corrected chi connectivity index (χ2v) is 7.36. The highest BCUT2D eigenvalue weighted by atomic mass is 32.2. The van der Waals surface area contributed by atoms with Crippen molar-refractivity contribution in [3.8, 4) is 11.5 Å². The molecule has 1 unspecified atom stereocenters. The summed E-state index contributed by atoms with van der Waals surface area (Å²) in [6, 6.07) is 10.7. The summed E-state index contributed by atoms with van der Waals surface area (Å²) in [5.41, 5.74) is 1.04. The number of nitrogens with one attached hydrogen (secondary N) is 1. The normalized spacial score (nSPS) is 13.8. The minimum absolute atomic E-state index is 0.318. The lowest BCUT2D eigenvalue weighted by atomic mass is 10.1. The van der Waals surface area contributed by atoms with Crippen molar-refractivity contribution in [2.24, 2.45) is 0 Å². The molecule has 0 aromatic heterocycles. The number of hydrogen-bond donors (Lipinski definition) is 1. The average Bonchev–Trinajstić information content (AvgIpc) is 2.99. The molecule has 0 spiro atoms. The number of fused-ring (bicyclic) bond motifs is 1. The molecular weight excluding hydrogens is 392 g/mol. The number of nitrogens with zero attached hydrogens (tertiary/aromatic N) is 1. The Hall–Kier alpha value is -3.00. The van der Waals surface area contributed by atoms with E-state index in [0.717, 1.165) is 4.90 Å². The Morgan fingerprint density at radius 3 is 2.28 bits per heavy atom. The third kappa shape index (κ3) is 4.07. The first-order chi connectivity index (χ1) is 14.0. The quantitative estimate of drug-likeness (QED) is 0.669. The van der Waals surface area contributed by atoms with E-state index in [1.807, 2.05) is 6.26 Å². The fourth-order valence-corrected chi connectivity index (χ4v) is 3.68. The summed E-state index contributed by atoms with van der Waals surface area (Å²) in [6.07, 6.45) is 2.24. The molecule has 0 saturated heterocycles. The van der Waals surface area contributed by atoms with Crippen LogP contribution in [0.5, 0.6) is 11.5 Å². The Bertz CT molecular complexity index is 911. The van der Waals surface area contributed by atoms with Gasteiger partial charge in [0.05, 0.1) is 31.0 Å². The van der Waals surface area contributed by atoms with Crippen LogP contribution < -0.4 is 14.8 Å². The van der Waals surface area contributed by atoms with Gasteiger partial charge in [0.15, 0.2) is 0 Å². The van der Waals surface area contributed by atoms with Crippen LogP contribution in [0.15, 0.2) is 42.5 Å². The van der Waals surface area contributed by atoms with Crippen LogP contribution in [0.3, 0.4) is 0 Å². The number of rotatable bonds is 8. The highest BCUT2D eigenvalue weighted by Crippen LogP contribution is 2.31. The zero-order chi connectivity index (χ0) is 21.0. The van der Waals surface area contributed by atoms with Gasteiger partial charge in [-0.05, 0) is 42.7 Å². The van der Waals surface area contributed by atoms with Crippen LogP contribution in [0.2, 0.25) is 0 Å². The summed E-state index contributed by atoms with van der Waals surface area (Å²) < 4.78 is 10.5. The van der Waals surface area contributed by atoms with E-state index < -0.39 is 23.8 Å². The third-order valence-corrected chi connectivity index (χ3v) is 5.34. The lowest BCUT2D eigenvalue weighted by Crippen LogP contribution is -2.47. The number of amides is 3. The van der Waals surface area contributed by atoms with Crippen molar-refractivity contribution in [1.82, 2.24) is 4.90 Å². The molecule has 2 aromatic carbocycles. The van der Waals surface area contributed by atoms with Gasteiger partial charge < -0.3 is 14.8 Å². The zero-order valence-electron chi connectivity index (χ0n) is 16.4. The van der Waals surface area contributed by atoms with Gasteiger partial charge in [-0.1, -0.05) is 12.1 Å². The van der Waals surface area contributed by atoms with Gasteiger partial charge in [0.25, 0.3) is 11.8 Å². The van der Waals surface area contributed by atoms with E-state index in [0.29, 0.717) is 40.5 Å². The SMILES string of the molecule is COc1ccc(OC)c(NC(=O)C(CCSC)N2C(=O)c3ccccc3C2=O)c1. The number of hydrogen-bond acceptors (Lipinski definition) is 6. The van der Waals surface area contributed by atoms with Crippen LogP contribution in [0.25, 0.3) is 0 Å². The van der Waals surface area contributed by atoms with Crippen molar-refractivity contribution in [3.05, 3.63) is 53.6 Å². The molecule has 8 heteroatoms. The van der Waals surface area contributed by atoms with Crippen molar-refractivity contribution < 1.29 is 23.9 Å². The van der Waals surface area contributed by atoms with Gasteiger partial charge in [0.1, 0.15) is 17.5 Å². The van der Waals surface area contributed by atoms with Crippen LogP contribution in [0, 0.1) is 0 Å². The molecule has 2 aromatic rings. The molecule has 1 atom stereocenters. The van der Waals surface area contributed by atoms with E-state index in [1.54, 1.807) is 42.5 Å². The van der Waals surface area contributed by atoms with E-state index in [1.165, 1.54) is 26.0 Å². The molecule has 1 heterocycles. The maximum atomic E-state index is 13.2. The average molecular weight is 414 g/mol. The summed E-state index contributed by atoms with van der Waals surface area (Å²) in [5, 5.41) is 2.79. The van der Waals surface area contributed by atoms with Crippen LogP contribution in [0.4, 0.5) is 5.69 Å². The molecule has 1 aliphatic heterocycles. The number of carbonyl (C=O) groups is 3. The molecule has 0 radical (unpaired) electrons. The monoisotopic (exact) mass is 414 g/mol. The van der Waals surface area contributed by atoms with Gasteiger partial charge in [-0.15, -0.1) is 0 Å². The highest BCUT2D eigenvalue weighted by molar-refractivity contribution is 7.98.